The highest BCUT2D eigenvalue weighted by atomic mass is 32.2. The Bertz CT molecular complexity index is 1160. The molecule has 32 heavy (non-hydrogen) atoms. The maximum Gasteiger partial charge on any atom is 0.190 e. The molecule has 0 aliphatic carbocycles. The Morgan fingerprint density at radius 1 is 1.06 bits per heavy atom. The van der Waals surface area contributed by atoms with Crippen molar-refractivity contribution in [1.82, 2.24) is 25.1 Å². The Labute approximate surface area is 190 Å². The van der Waals surface area contributed by atoms with Crippen molar-refractivity contribution >= 4 is 28.6 Å². The fourth-order valence-electron chi connectivity index (χ4n) is 3.22. The number of H-pyrrole nitrogens is 1. The van der Waals surface area contributed by atoms with Gasteiger partial charge in [-0.3, -0.25) is 10.1 Å². The molecule has 8 nitrogen and oxygen atoms in total. The van der Waals surface area contributed by atoms with Crippen LogP contribution in [0.15, 0.2) is 53.8 Å². The number of anilines is 1. The Morgan fingerprint density at radius 3 is 2.56 bits per heavy atom. The van der Waals surface area contributed by atoms with Crippen LogP contribution in [0.3, 0.4) is 0 Å². The number of nitrogens with zero attached hydrogens (tertiary/aromatic N) is 4. The standard InChI is InChI=1S/C23H26N6O2S/c1-14(2)19-20-21(29-28-19)22(27-23(26-20)32-13-17(31)12-30)25-11-15-6-8-16(9-7-15)18-5-3-4-10-24-18/h3-10,14,17,30-31H,11-13H2,1-2H3,(H,28,29)(H,25,26,27). The molecule has 0 fully saturated rings. The molecule has 1 atom stereocenters. The first kappa shape index (κ1) is 22.2. The molecule has 1 aromatic carbocycles. The van der Waals surface area contributed by atoms with Crippen LogP contribution in [0, 0.1) is 0 Å². The molecular weight excluding hydrogens is 424 g/mol. The molecule has 4 aromatic rings. The van der Waals surface area contributed by atoms with Crippen LogP contribution in [0.25, 0.3) is 22.3 Å². The lowest BCUT2D eigenvalue weighted by molar-refractivity contribution is 0.113. The minimum absolute atomic E-state index is 0.225. The molecule has 166 valence electrons. The first-order valence-electron chi connectivity index (χ1n) is 10.5. The van der Waals surface area contributed by atoms with Gasteiger partial charge in [-0.15, -0.1) is 0 Å². The van der Waals surface area contributed by atoms with Crippen LogP contribution in [0.1, 0.15) is 31.0 Å². The van der Waals surface area contributed by atoms with E-state index in [4.69, 9.17) is 5.11 Å². The van der Waals surface area contributed by atoms with Gasteiger partial charge >= 0.3 is 0 Å². The van der Waals surface area contributed by atoms with Crippen molar-refractivity contribution in [3.63, 3.8) is 0 Å². The molecule has 3 heterocycles. The van der Waals surface area contributed by atoms with Crippen molar-refractivity contribution in [2.75, 3.05) is 17.7 Å². The molecule has 0 aliphatic heterocycles. The maximum absolute atomic E-state index is 9.70. The summed E-state index contributed by atoms with van der Waals surface area (Å²) < 4.78 is 0. The molecule has 0 amide bonds. The van der Waals surface area contributed by atoms with Crippen molar-refractivity contribution in [3.05, 3.63) is 59.9 Å². The van der Waals surface area contributed by atoms with Crippen molar-refractivity contribution in [2.24, 2.45) is 0 Å². The van der Waals surface area contributed by atoms with E-state index in [9.17, 15) is 5.11 Å². The molecule has 0 radical (unpaired) electrons. The van der Waals surface area contributed by atoms with Crippen molar-refractivity contribution in [2.45, 2.75) is 37.6 Å². The van der Waals surface area contributed by atoms with E-state index in [0.717, 1.165) is 28.0 Å². The summed E-state index contributed by atoms with van der Waals surface area (Å²) in [5.41, 5.74) is 5.49. The van der Waals surface area contributed by atoms with Gasteiger partial charge in [-0.25, -0.2) is 9.97 Å². The summed E-state index contributed by atoms with van der Waals surface area (Å²) in [5, 5.41) is 30.2. The molecule has 0 spiro atoms. The van der Waals surface area contributed by atoms with Crippen LogP contribution in [-0.2, 0) is 6.54 Å². The summed E-state index contributed by atoms with van der Waals surface area (Å²) in [7, 11) is 0. The molecule has 1 unspecified atom stereocenters. The van der Waals surface area contributed by atoms with Gasteiger partial charge in [0, 0.05) is 24.1 Å². The highest BCUT2D eigenvalue weighted by Crippen LogP contribution is 2.29. The maximum atomic E-state index is 9.70. The number of aliphatic hydroxyl groups is 2. The quantitative estimate of drug-likeness (QED) is 0.226. The van der Waals surface area contributed by atoms with E-state index in [0.29, 0.717) is 28.8 Å². The predicted molar refractivity (Wildman–Crippen MR) is 127 cm³/mol. The fourth-order valence-corrected chi connectivity index (χ4v) is 3.98. The summed E-state index contributed by atoms with van der Waals surface area (Å²) in [6.07, 6.45) is 0.970. The second kappa shape index (κ2) is 10.1. The van der Waals surface area contributed by atoms with Crippen molar-refractivity contribution < 1.29 is 10.2 Å². The number of aromatic nitrogens is 5. The van der Waals surface area contributed by atoms with Crippen molar-refractivity contribution in [1.29, 1.82) is 0 Å². The van der Waals surface area contributed by atoms with E-state index in [1.807, 2.05) is 18.2 Å². The molecule has 9 heteroatoms. The number of thioether (sulfide) groups is 1. The van der Waals surface area contributed by atoms with Crippen molar-refractivity contribution in [3.8, 4) is 11.3 Å². The van der Waals surface area contributed by atoms with Gasteiger partial charge in [-0.05, 0) is 23.6 Å². The number of benzene rings is 1. The van der Waals surface area contributed by atoms with E-state index >= 15 is 0 Å². The molecule has 3 aromatic heterocycles. The lowest BCUT2D eigenvalue weighted by Gasteiger charge is -2.10. The second-order valence-corrected chi connectivity index (χ2v) is 8.74. The number of hydrogen-bond donors (Lipinski definition) is 4. The summed E-state index contributed by atoms with van der Waals surface area (Å²) in [4.78, 5) is 13.6. The van der Waals surface area contributed by atoms with Crippen LogP contribution in [0.5, 0.6) is 0 Å². The van der Waals surface area contributed by atoms with Crippen LogP contribution in [0.2, 0.25) is 0 Å². The van der Waals surface area contributed by atoms with Crippen LogP contribution in [0.4, 0.5) is 5.82 Å². The smallest absolute Gasteiger partial charge is 0.190 e. The van der Waals surface area contributed by atoms with E-state index < -0.39 is 6.10 Å². The third-order valence-electron chi connectivity index (χ3n) is 4.97. The Balaban J connectivity index is 1.56. The summed E-state index contributed by atoms with van der Waals surface area (Å²) in [6.45, 7) is 4.43. The number of nitrogens with one attached hydrogen (secondary N) is 2. The molecule has 0 bridgehead atoms. The zero-order valence-electron chi connectivity index (χ0n) is 18.0. The molecule has 4 N–H and O–H groups in total. The fraction of sp³-hybridized carbons (Fsp3) is 0.304. The van der Waals surface area contributed by atoms with E-state index in [1.165, 1.54) is 11.8 Å². The first-order valence-corrected chi connectivity index (χ1v) is 11.5. The van der Waals surface area contributed by atoms with Gasteiger partial charge in [-0.1, -0.05) is 55.9 Å². The Hall–Kier alpha value is -3.01. The number of aliphatic hydroxyl groups excluding tert-OH is 2. The Kier molecular flexibility index (Phi) is 6.99. The minimum atomic E-state index is -0.817. The van der Waals surface area contributed by atoms with Gasteiger partial charge in [0.05, 0.1) is 24.1 Å². The van der Waals surface area contributed by atoms with Crippen LogP contribution < -0.4 is 5.32 Å². The lowest BCUT2D eigenvalue weighted by atomic mass is 10.1. The largest absolute Gasteiger partial charge is 0.394 e. The van der Waals surface area contributed by atoms with E-state index in [-0.39, 0.29) is 12.5 Å². The highest BCUT2D eigenvalue weighted by Gasteiger charge is 2.17. The molecule has 0 saturated carbocycles. The SMILES string of the molecule is CC(C)c1[nH]nc2c(NCc3ccc(-c4ccccn4)cc3)nc(SCC(O)CO)nc12. The Morgan fingerprint density at radius 2 is 1.88 bits per heavy atom. The van der Waals surface area contributed by atoms with E-state index in [1.54, 1.807) is 6.20 Å². The number of pyridine rings is 1. The van der Waals surface area contributed by atoms with Crippen LogP contribution in [-0.4, -0.2) is 53.8 Å². The number of rotatable bonds is 9. The van der Waals surface area contributed by atoms with E-state index in [2.05, 4.69) is 68.6 Å². The normalized spacial score (nSPS) is 12.4. The van der Waals surface area contributed by atoms with Crippen LogP contribution >= 0.6 is 11.8 Å². The van der Waals surface area contributed by atoms with Gasteiger partial charge in [0.15, 0.2) is 16.5 Å². The third kappa shape index (κ3) is 5.07. The topological polar surface area (TPSA) is 120 Å². The lowest BCUT2D eigenvalue weighted by Crippen LogP contribution is -2.15. The summed E-state index contributed by atoms with van der Waals surface area (Å²) in [6, 6.07) is 14.1. The van der Waals surface area contributed by atoms with Gasteiger partial charge in [0.25, 0.3) is 0 Å². The predicted octanol–water partition coefficient (Wildman–Crippen LogP) is 3.60. The van der Waals surface area contributed by atoms with Gasteiger partial charge < -0.3 is 15.5 Å². The average Bonchev–Trinajstić information content (AvgIpc) is 3.26. The van der Waals surface area contributed by atoms with Gasteiger partial charge in [-0.2, -0.15) is 5.10 Å². The zero-order valence-corrected chi connectivity index (χ0v) is 18.8. The van der Waals surface area contributed by atoms with Gasteiger partial charge in [0.2, 0.25) is 0 Å². The number of hydrogen-bond acceptors (Lipinski definition) is 8. The number of fused-ring (bicyclic) bond motifs is 1. The zero-order chi connectivity index (χ0) is 22.5. The molecule has 4 rings (SSSR count). The van der Waals surface area contributed by atoms with Gasteiger partial charge in [0.1, 0.15) is 5.52 Å². The first-order chi connectivity index (χ1) is 15.5. The second-order valence-electron chi connectivity index (χ2n) is 7.76. The molecular formula is C23H26N6O2S. The molecule has 0 saturated heterocycles. The summed E-state index contributed by atoms with van der Waals surface area (Å²) in [5.74, 6) is 1.17. The third-order valence-corrected chi connectivity index (χ3v) is 5.97. The monoisotopic (exact) mass is 450 g/mol. The number of aromatic amines is 1. The average molecular weight is 451 g/mol. The minimum Gasteiger partial charge on any atom is -0.394 e. The highest BCUT2D eigenvalue weighted by molar-refractivity contribution is 7.99. The summed E-state index contributed by atoms with van der Waals surface area (Å²) >= 11 is 1.31. The molecule has 0 aliphatic rings.